The van der Waals surface area contributed by atoms with Crippen LogP contribution in [0, 0.1) is 11.8 Å². The average Bonchev–Trinajstić information content (AvgIpc) is 2.92. The highest BCUT2D eigenvalue weighted by atomic mass is 31.0. The van der Waals surface area contributed by atoms with Crippen LogP contribution in [0.4, 0.5) is 4.79 Å². The highest BCUT2D eigenvalue weighted by molar-refractivity contribution is 7.16. The van der Waals surface area contributed by atoms with Gasteiger partial charge in [0.1, 0.15) is 18.6 Å². The van der Waals surface area contributed by atoms with Crippen molar-refractivity contribution in [2.75, 3.05) is 33.8 Å². The fraction of sp³-hybridized carbons (Fsp3) is 0.565. The Kier molecular flexibility index (Phi) is 11.5. The first kappa shape index (κ1) is 30.6. The van der Waals surface area contributed by atoms with Crippen molar-refractivity contribution in [1.29, 1.82) is 0 Å². The molecule has 1 aromatic heterocycles. The van der Waals surface area contributed by atoms with Gasteiger partial charge in [0.2, 0.25) is 6.79 Å². The molecule has 1 N–H and O–H groups in total. The summed E-state index contributed by atoms with van der Waals surface area (Å²) in [5.74, 6) is -4.70. The topological polar surface area (TPSA) is 175 Å². The van der Waals surface area contributed by atoms with Gasteiger partial charge >= 0.3 is 24.1 Å². The number of carbonyl (C=O) groups excluding carboxylic acids is 5. The summed E-state index contributed by atoms with van der Waals surface area (Å²) < 4.78 is 35.7. The van der Waals surface area contributed by atoms with E-state index in [0.29, 0.717) is 0 Å². The van der Waals surface area contributed by atoms with Crippen molar-refractivity contribution in [2.24, 2.45) is 11.8 Å². The molecule has 0 saturated carbocycles. The predicted molar refractivity (Wildman–Crippen MR) is 130 cm³/mol. The van der Waals surface area contributed by atoms with Gasteiger partial charge in [0.25, 0.3) is 5.91 Å². The Morgan fingerprint density at radius 1 is 1.21 bits per heavy atom. The molecular weight excluding hydrogens is 527 g/mol. The van der Waals surface area contributed by atoms with Gasteiger partial charge in [0.05, 0.1) is 20.1 Å². The minimum Gasteiger partial charge on any atom is -0.493 e. The maximum Gasteiger partial charge on any atom is 0.510 e. The molecule has 1 saturated heterocycles. The van der Waals surface area contributed by atoms with Gasteiger partial charge in [-0.3, -0.25) is 14.4 Å². The highest BCUT2D eigenvalue weighted by Crippen LogP contribution is 2.30. The Bertz CT molecular complexity index is 1030. The van der Waals surface area contributed by atoms with E-state index in [4.69, 9.17) is 23.7 Å². The van der Waals surface area contributed by atoms with Crippen LogP contribution in [0.5, 0.6) is 11.5 Å². The number of pyridine rings is 1. The second-order valence-electron chi connectivity index (χ2n) is 8.25. The van der Waals surface area contributed by atoms with Gasteiger partial charge in [0, 0.05) is 12.3 Å². The van der Waals surface area contributed by atoms with Crippen LogP contribution in [0.3, 0.4) is 0 Å². The lowest BCUT2D eigenvalue weighted by atomic mass is 10.00. The zero-order valence-electron chi connectivity index (χ0n) is 21.6. The molecule has 5 atom stereocenters. The molecular formula is C23H31N2O12P. The predicted octanol–water partition coefficient (Wildman–Crippen LogP) is 0.855. The van der Waals surface area contributed by atoms with Crippen LogP contribution in [0.1, 0.15) is 31.3 Å². The third-order valence-corrected chi connectivity index (χ3v) is 5.78. The van der Waals surface area contributed by atoms with Crippen LogP contribution < -0.4 is 14.8 Å². The molecule has 0 bridgehead atoms. The molecule has 0 spiro atoms. The van der Waals surface area contributed by atoms with Crippen molar-refractivity contribution in [1.82, 2.24) is 10.3 Å². The number of esters is 3. The number of hydrogen-bond donors (Lipinski definition) is 1. The van der Waals surface area contributed by atoms with Crippen molar-refractivity contribution in [2.45, 2.75) is 39.0 Å². The minimum atomic E-state index is -1.44. The summed E-state index contributed by atoms with van der Waals surface area (Å²) in [5.41, 5.74) is -0.323. The van der Waals surface area contributed by atoms with Crippen molar-refractivity contribution in [3.63, 3.8) is 0 Å². The number of nitrogens with one attached hydrogen (secondary N) is 1. The van der Waals surface area contributed by atoms with Gasteiger partial charge in [-0.2, -0.15) is 0 Å². The van der Waals surface area contributed by atoms with Crippen molar-refractivity contribution in [3.8, 4) is 11.5 Å². The molecule has 2 rings (SSSR count). The second-order valence-corrected chi connectivity index (χ2v) is 8.72. The lowest BCUT2D eigenvalue weighted by Gasteiger charge is -2.28. The van der Waals surface area contributed by atoms with Crippen LogP contribution in [0.15, 0.2) is 12.3 Å². The number of methoxy groups -OCH3 is 2. The van der Waals surface area contributed by atoms with Crippen LogP contribution in [-0.4, -0.2) is 87.0 Å². The molecule has 0 radical (unpaired) electrons. The first-order valence-corrected chi connectivity index (χ1v) is 12.3. The molecule has 0 aliphatic carbocycles. The molecule has 38 heavy (non-hydrogen) atoms. The summed E-state index contributed by atoms with van der Waals surface area (Å²) in [6.07, 6.45) is -1.75. The van der Waals surface area contributed by atoms with E-state index in [1.165, 1.54) is 26.3 Å². The zero-order chi connectivity index (χ0) is 28.4. The fourth-order valence-corrected chi connectivity index (χ4v) is 3.69. The van der Waals surface area contributed by atoms with E-state index in [0.717, 1.165) is 7.11 Å². The summed E-state index contributed by atoms with van der Waals surface area (Å²) in [4.78, 5) is 66.2. The van der Waals surface area contributed by atoms with Gasteiger partial charge in [-0.05, 0) is 13.1 Å². The fourth-order valence-electron chi connectivity index (χ4n) is 3.23. The Morgan fingerprint density at radius 3 is 2.53 bits per heavy atom. The molecule has 1 aliphatic heterocycles. The second kappa shape index (κ2) is 14.3. The lowest BCUT2D eigenvalue weighted by molar-refractivity contribution is -0.175. The summed E-state index contributed by atoms with van der Waals surface area (Å²) in [6, 6.07) is -0.0468. The number of nitrogens with zero attached hydrogens (tertiary/aromatic N) is 1. The van der Waals surface area contributed by atoms with E-state index < -0.39 is 73.5 Å². The Morgan fingerprint density at radius 2 is 1.92 bits per heavy atom. The SMILES string of the molecule is COC(=O)OCOc1c(OC)ccnc1C(=O)N[C@H]1COC(=O)[C@H](CP)[C@@H](OC(=O)C(C)C)[C@H](C)OC1=O. The zero-order valence-corrected chi connectivity index (χ0v) is 22.7. The molecule has 1 unspecified atom stereocenters. The Balaban J connectivity index is 2.26. The van der Waals surface area contributed by atoms with Crippen LogP contribution in [0.2, 0.25) is 0 Å². The molecule has 14 nitrogen and oxygen atoms in total. The Hall–Kier alpha value is -3.67. The smallest absolute Gasteiger partial charge is 0.493 e. The largest absolute Gasteiger partial charge is 0.510 e. The van der Waals surface area contributed by atoms with Gasteiger partial charge in [-0.1, -0.05) is 13.8 Å². The quantitative estimate of drug-likeness (QED) is 0.196. The molecule has 1 amide bonds. The summed E-state index contributed by atoms with van der Waals surface area (Å²) >= 11 is 0. The van der Waals surface area contributed by atoms with E-state index in [1.807, 2.05) is 0 Å². The first-order valence-electron chi connectivity index (χ1n) is 11.5. The van der Waals surface area contributed by atoms with Gasteiger partial charge < -0.3 is 38.5 Å². The number of hydrogen-bond acceptors (Lipinski definition) is 13. The van der Waals surface area contributed by atoms with E-state index in [9.17, 15) is 24.0 Å². The van der Waals surface area contributed by atoms with Crippen LogP contribution in [0.25, 0.3) is 0 Å². The number of cyclic esters (lactones) is 2. The van der Waals surface area contributed by atoms with Crippen LogP contribution >= 0.6 is 9.24 Å². The van der Waals surface area contributed by atoms with Gasteiger partial charge in [-0.15, -0.1) is 9.24 Å². The molecule has 1 aromatic rings. The molecule has 0 aromatic carbocycles. The first-order chi connectivity index (χ1) is 18.0. The van der Waals surface area contributed by atoms with E-state index >= 15 is 0 Å². The van der Waals surface area contributed by atoms with Gasteiger partial charge in [-0.25, -0.2) is 14.6 Å². The Labute approximate surface area is 221 Å². The number of ether oxygens (including phenoxy) is 7. The number of carbonyl (C=O) groups is 5. The number of aromatic nitrogens is 1. The van der Waals surface area contributed by atoms with E-state index in [-0.39, 0.29) is 23.4 Å². The van der Waals surface area contributed by atoms with Crippen molar-refractivity contribution in [3.05, 3.63) is 18.0 Å². The summed E-state index contributed by atoms with van der Waals surface area (Å²) in [7, 11) is 4.79. The van der Waals surface area contributed by atoms with Gasteiger partial charge in [0.15, 0.2) is 29.3 Å². The highest BCUT2D eigenvalue weighted by Gasteiger charge is 2.41. The average molecular weight is 558 g/mol. The third kappa shape index (κ3) is 7.91. The standard InChI is InChI=1S/C23H31N2O12P/c1-11(2)20(27)37-17-12(3)36-22(29)14(8-33-21(28)13(17)9-38)25-19(26)16-18(15(31-4)6-7-24-16)34-10-35-23(30)32-5/h6-7,11-14,17H,8-10,38H2,1-5H3,(H,25,26)/t12-,13+,14-,17-/m0/s1. The lowest BCUT2D eigenvalue weighted by Crippen LogP contribution is -2.47. The van der Waals surface area contributed by atoms with Crippen LogP contribution in [-0.2, 0) is 38.1 Å². The maximum atomic E-state index is 13.1. The van der Waals surface area contributed by atoms with E-state index in [1.54, 1.807) is 13.8 Å². The summed E-state index contributed by atoms with van der Waals surface area (Å²) in [6.45, 7) is 3.52. The molecule has 1 fully saturated rings. The number of amides is 1. The maximum absolute atomic E-state index is 13.1. The monoisotopic (exact) mass is 558 g/mol. The van der Waals surface area contributed by atoms with E-state index in [2.05, 4.69) is 29.0 Å². The molecule has 15 heteroatoms. The molecule has 1 aliphatic rings. The summed E-state index contributed by atoms with van der Waals surface area (Å²) in [5, 5.41) is 2.40. The molecule has 210 valence electrons. The normalized spacial score (nSPS) is 21.6. The minimum absolute atomic E-state index is 0.0776. The third-order valence-electron chi connectivity index (χ3n) is 5.27. The van der Waals surface area contributed by atoms with Crippen molar-refractivity contribution < 1.29 is 57.1 Å². The van der Waals surface area contributed by atoms with Crippen molar-refractivity contribution >= 4 is 39.2 Å². The number of rotatable bonds is 9. The molecule has 2 heterocycles.